The third-order valence-electron chi connectivity index (χ3n) is 1.89. The van der Waals surface area contributed by atoms with Crippen molar-refractivity contribution >= 4 is 15.8 Å². The van der Waals surface area contributed by atoms with E-state index in [1.807, 2.05) is 0 Å². The molecular formula is C9H11N3O3S. The van der Waals surface area contributed by atoms with Gasteiger partial charge in [-0.3, -0.25) is 4.18 Å². The molecule has 0 amide bonds. The Morgan fingerprint density at radius 2 is 2.19 bits per heavy atom. The van der Waals surface area contributed by atoms with Gasteiger partial charge in [-0.05, 0) is 37.1 Å². The van der Waals surface area contributed by atoms with Crippen molar-refractivity contribution in [2.75, 3.05) is 6.61 Å². The van der Waals surface area contributed by atoms with E-state index in [4.69, 9.17) is 5.53 Å². The van der Waals surface area contributed by atoms with Crippen molar-refractivity contribution in [2.45, 2.75) is 18.7 Å². The van der Waals surface area contributed by atoms with Gasteiger partial charge in [-0.1, -0.05) is 11.2 Å². The normalized spacial score (nSPS) is 10.9. The van der Waals surface area contributed by atoms with Crippen LogP contribution in [0.5, 0.6) is 0 Å². The van der Waals surface area contributed by atoms with Crippen molar-refractivity contribution in [3.05, 3.63) is 34.2 Å². The van der Waals surface area contributed by atoms with E-state index >= 15 is 0 Å². The minimum absolute atomic E-state index is 0.0117. The average Bonchev–Trinajstić information content (AvgIpc) is 2.21. The smallest absolute Gasteiger partial charge is 0.267 e. The summed E-state index contributed by atoms with van der Waals surface area (Å²) in [7, 11) is -3.75. The van der Waals surface area contributed by atoms with Gasteiger partial charge in [0.25, 0.3) is 10.1 Å². The molecule has 0 N–H and O–H groups in total. The van der Waals surface area contributed by atoms with Gasteiger partial charge < -0.3 is 0 Å². The molecule has 86 valence electrons. The molecule has 0 spiro atoms. The maximum atomic E-state index is 11.5. The summed E-state index contributed by atoms with van der Waals surface area (Å²) in [5.41, 5.74) is 9.30. The van der Waals surface area contributed by atoms with E-state index in [1.165, 1.54) is 12.1 Å². The maximum absolute atomic E-state index is 11.5. The standard InChI is InChI=1S/C9H11N3O3S/c1-3-15-16(13,14)8-5-4-7(2)9(6-8)11-12-10/h4-6H,3H2,1-2H3. The Balaban J connectivity index is 3.27. The van der Waals surface area contributed by atoms with Gasteiger partial charge >= 0.3 is 0 Å². The van der Waals surface area contributed by atoms with Gasteiger partial charge in [-0.15, -0.1) is 0 Å². The Bertz CT molecular complexity index is 533. The lowest BCUT2D eigenvalue weighted by atomic mass is 10.2. The van der Waals surface area contributed by atoms with Gasteiger partial charge in [0, 0.05) is 10.6 Å². The van der Waals surface area contributed by atoms with Crippen LogP contribution >= 0.6 is 0 Å². The second kappa shape index (κ2) is 4.98. The van der Waals surface area contributed by atoms with Crippen molar-refractivity contribution in [3.63, 3.8) is 0 Å². The fraction of sp³-hybridized carbons (Fsp3) is 0.333. The van der Waals surface area contributed by atoms with Crippen LogP contribution in [0.2, 0.25) is 0 Å². The molecule has 0 saturated carbocycles. The predicted octanol–water partition coefficient (Wildman–Crippen LogP) is 2.66. The van der Waals surface area contributed by atoms with Crippen LogP contribution < -0.4 is 0 Å². The number of hydrogen-bond donors (Lipinski definition) is 0. The fourth-order valence-corrected chi connectivity index (χ4v) is 2.06. The SMILES string of the molecule is CCOS(=O)(=O)c1ccc(C)c(N=[N+]=[N-])c1. The molecule has 0 unspecified atom stereocenters. The van der Waals surface area contributed by atoms with Crippen molar-refractivity contribution in [1.29, 1.82) is 0 Å². The summed E-state index contributed by atoms with van der Waals surface area (Å²) < 4.78 is 27.7. The van der Waals surface area contributed by atoms with Crippen LogP contribution in [0.1, 0.15) is 12.5 Å². The minimum Gasteiger partial charge on any atom is -0.267 e. The lowest BCUT2D eigenvalue weighted by molar-refractivity contribution is 0.338. The minimum atomic E-state index is -3.75. The molecule has 7 heteroatoms. The molecule has 0 bridgehead atoms. The van der Waals surface area contributed by atoms with E-state index < -0.39 is 10.1 Å². The lowest BCUT2D eigenvalue weighted by Crippen LogP contribution is -2.05. The van der Waals surface area contributed by atoms with Crippen molar-refractivity contribution in [2.24, 2.45) is 5.11 Å². The molecule has 1 aromatic rings. The Kier molecular flexibility index (Phi) is 3.89. The summed E-state index contributed by atoms with van der Waals surface area (Å²) in [4.78, 5) is 2.61. The van der Waals surface area contributed by atoms with Gasteiger partial charge in [0.2, 0.25) is 0 Å². The van der Waals surface area contributed by atoms with Crippen LogP contribution in [-0.4, -0.2) is 15.0 Å². The van der Waals surface area contributed by atoms with Gasteiger partial charge in [0.05, 0.1) is 11.5 Å². The van der Waals surface area contributed by atoms with E-state index in [0.29, 0.717) is 5.56 Å². The molecule has 6 nitrogen and oxygen atoms in total. The van der Waals surface area contributed by atoms with Gasteiger partial charge in [0.15, 0.2) is 0 Å². The Morgan fingerprint density at radius 1 is 1.50 bits per heavy atom. The highest BCUT2D eigenvalue weighted by Gasteiger charge is 2.14. The first-order chi connectivity index (χ1) is 7.51. The highest BCUT2D eigenvalue weighted by atomic mass is 32.2. The summed E-state index contributed by atoms with van der Waals surface area (Å²) in [5.74, 6) is 0. The Hall–Kier alpha value is -1.56. The summed E-state index contributed by atoms with van der Waals surface area (Å²) in [6.07, 6.45) is 0. The van der Waals surface area contributed by atoms with Crippen LogP contribution in [0, 0.1) is 6.92 Å². The van der Waals surface area contributed by atoms with E-state index in [9.17, 15) is 8.42 Å². The molecule has 0 fully saturated rings. The zero-order valence-electron chi connectivity index (χ0n) is 8.91. The Labute approximate surface area is 93.6 Å². The summed E-state index contributed by atoms with van der Waals surface area (Å²) in [6.45, 7) is 3.37. The summed E-state index contributed by atoms with van der Waals surface area (Å²) in [6, 6.07) is 4.27. The predicted molar refractivity (Wildman–Crippen MR) is 58.8 cm³/mol. The number of benzene rings is 1. The van der Waals surface area contributed by atoms with Gasteiger partial charge in [0.1, 0.15) is 0 Å². The average molecular weight is 241 g/mol. The molecule has 0 heterocycles. The number of nitrogens with zero attached hydrogens (tertiary/aromatic N) is 3. The molecular weight excluding hydrogens is 230 g/mol. The van der Waals surface area contributed by atoms with Crippen LogP contribution in [0.15, 0.2) is 28.2 Å². The lowest BCUT2D eigenvalue weighted by Gasteiger charge is -2.05. The first-order valence-corrected chi connectivity index (χ1v) is 5.97. The highest BCUT2D eigenvalue weighted by molar-refractivity contribution is 7.86. The zero-order chi connectivity index (χ0) is 12.2. The summed E-state index contributed by atoms with van der Waals surface area (Å²) >= 11 is 0. The van der Waals surface area contributed by atoms with Crippen LogP contribution in [-0.2, 0) is 14.3 Å². The molecule has 0 aromatic heterocycles. The van der Waals surface area contributed by atoms with Crippen molar-refractivity contribution in [1.82, 2.24) is 0 Å². The number of rotatable bonds is 4. The Morgan fingerprint density at radius 3 is 2.75 bits per heavy atom. The first kappa shape index (κ1) is 12.5. The van der Waals surface area contributed by atoms with Crippen molar-refractivity contribution < 1.29 is 12.6 Å². The molecule has 0 saturated heterocycles. The second-order valence-corrected chi connectivity index (χ2v) is 4.61. The summed E-state index contributed by atoms with van der Waals surface area (Å²) in [5, 5.41) is 3.40. The third kappa shape index (κ3) is 2.73. The number of hydrogen-bond acceptors (Lipinski definition) is 4. The second-order valence-electron chi connectivity index (χ2n) is 3.00. The van der Waals surface area contributed by atoms with Crippen LogP contribution in [0.4, 0.5) is 5.69 Å². The first-order valence-electron chi connectivity index (χ1n) is 4.56. The highest BCUT2D eigenvalue weighted by Crippen LogP contribution is 2.24. The quantitative estimate of drug-likeness (QED) is 0.351. The molecule has 0 aliphatic carbocycles. The topological polar surface area (TPSA) is 92.1 Å². The van der Waals surface area contributed by atoms with E-state index in [2.05, 4.69) is 14.2 Å². The van der Waals surface area contributed by atoms with Gasteiger partial charge in [-0.2, -0.15) is 8.42 Å². The van der Waals surface area contributed by atoms with E-state index in [0.717, 1.165) is 0 Å². The third-order valence-corrected chi connectivity index (χ3v) is 3.27. The molecule has 1 aromatic carbocycles. The van der Waals surface area contributed by atoms with Crippen LogP contribution in [0.3, 0.4) is 0 Å². The number of aryl methyl sites for hydroxylation is 1. The zero-order valence-corrected chi connectivity index (χ0v) is 9.73. The van der Waals surface area contributed by atoms with Crippen molar-refractivity contribution in [3.8, 4) is 0 Å². The van der Waals surface area contributed by atoms with E-state index in [-0.39, 0.29) is 17.2 Å². The molecule has 0 aliphatic heterocycles. The molecule has 1 rings (SSSR count). The maximum Gasteiger partial charge on any atom is 0.296 e. The molecule has 0 atom stereocenters. The number of azide groups is 1. The largest absolute Gasteiger partial charge is 0.296 e. The van der Waals surface area contributed by atoms with E-state index in [1.54, 1.807) is 19.9 Å². The van der Waals surface area contributed by atoms with Gasteiger partial charge in [-0.25, -0.2) is 0 Å². The van der Waals surface area contributed by atoms with Crippen LogP contribution in [0.25, 0.3) is 10.4 Å². The molecule has 16 heavy (non-hydrogen) atoms. The molecule has 0 radical (unpaired) electrons. The fourth-order valence-electron chi connectivity index (χ4n) is 1.12. The molecule has 0 aliphatic rings. The monoisotopic (exact) mass is 241 g/mol.